The minimum atomic E-state index is -0.127. The van der Waals surface area contributed by atoms with Gasteiger partial charge in [-0.15, -0.1) is 0 Å². The summed E-state index contributed by atoms with van der Waals surface area (Å²) in [5.41, 5.74) is 0.848. The molecule has 0 aliphatic carbocycles. The molecule has 0 spiro atoms. The van der Waals surface area contributed by atoms with Gasteiger partial charge >= 0.3 is 0 Å². The van der Waals surface area contributed by atoms with Crippen molar-refractivity contribution >= 4 is 11.6 Å². The average Bonchev–Trinajstić information content (AvgIpc) is 2.69. The summed E-state index contributed by atoms with van der Waals surface area (Å²) in [6, 6.07) is 19.4. The second-order valence-corrected chi connectivity index (χ2v) is 6.57. The molecule has 0 unspecified atom stereocenters. The number of carbonyl (C=O) groups is 1. The molecule has 2 aromatic rings. The maximum absolute atomic E-state index is 12.4. The molecule has 0 bridgehead atoms. The Morgan fingerprint density at radius 2 is 1.62 bits per heavy atom. The number of anilines is 1. The van der Waals surface area contributed by atoms with Gasteiger partial charge in [0.25, 0.3) is 0 Å². The molecule has 138 valence electrons. The van der Waals surface area contributed by atoms with Gasteiger partial charge in [-0.2, -0.15) is 0 Å². The van der Waals surface area contributed by atoms with Crippen molar-refractivity contribution in [2.75, 3.05) is 44.6 Å². The van der Waals surface area contributed by atoms with Gasteiger partial charge in [-0.05, 0) is 31.2 Å². The van der Waals surface area contributed by atoms with Crippen LogP contribution in [0.25, 0.3) is 0 Å². The molecule has 1 fully saturated rings. The third-order valence-electron chi connectivity index (χ3n) is 4.79. The van der Waals surface area contributed by atoms with E-state index < -0.39 is 0 Å². The van der Waals surface area contributed by atoms with Crippen LogP contribution in [0.5, 0.6) is 5.75 Å². The lowest BCUT2D eigenvalue weighted by atomic mass is 10.2. The van der Waals surface area contributed by atoms with E-state index in [2.05, 4.69) is 15.1 Å². The van der Waals surface area contributed by atoms with Crippen LogP contribution < -0.4 is 10.1 Å². The van der Waals surface area contributed by atoms with Gasteiger partial charge in [-0.3, -0.25) is 14.6 Å². The second-order valence-electron chi connectivity index (χ2n) is 6.57. The van der Waals surface area contributed by atoms with Crippen LogP contribution in [0.3, 0.4) is 0 Å². The van der Waals surface area contributed by atoms with E-state index in [-0.39, 0.29) is 11.9 Å². The molecule has 1 atom stereocenters. The number of para-hydroxylation sites is 2. The Kier molecular flexibility index (Phi) is 6.63. The van der Waals surface area contributed by atoms with Crippen LogP contribution in [0.1, 0.15) is 6.92 Å². The fourth-order valence-corrected chi connectivity index (χ4v) is 3.12. The maximum atomic E-state index is 12.4. The topological polar surface area (TPSA) is 44.8 Å². The number of carbonyl (C=O) groups excluding carboxylic acids is 1. The summed E-state index contributed by atoms with van der Waals surface area (Å²) >= 11 is 0. The third-order valence-corrected chi connectivity index (χ3v) is 4.79. The Balaban J connectivity index is 1.38. The lowest BCUT2D eigenvalue weighted by Crippen LogP contribution is -2.53. The summed E-state index contributed by atoms with van der Waals surface area (Å²) in [4.78, 5) is 17.1. The van der Waals surface area contributed by atoms with Crippen LogP contribution in [0, 0.1) is 0 Å². The molecule has 0 saturated carbocycles. The summed E-state index contributed by atoms with van der Waals surface area (Å²) in [7, 11) is 0. The lowest BCUT2D eigenvalue weighted by Gasteiger charge is -2.37. The number of nitrogens with one attached hydrogen (secondary N) is 1. The van der Waals surface area contributed by atoms with Crippen molar-refractivity contribution in [2.24, 2.45) is 0 Å². The largest absolute Gasteiger partial charge is 0.492 e. The fraction of sp³-hybridized carbons (Fsp3) is 0.381. The smallest absolute Gasteiger partial charge is 0.241 e. The number of nitrogens with zero attached hydrogens (tertiary/aromatic N) is 2. The molecule has 5 heteroatoms. The van der Waals surface area contributed by atoms with Crippen molar-refractivity contribution in [3.05, 3.63) is 60.7 Å². The minimum absolute atomic E-state index is 0.0528. The number of hydrogen-bond donors (Lipinski definition) is 1. The average molecular weight is 353 g/mol. The number of amides is 1. The molecule has 1 saturated heterocycles. The zero-order chi connectivity index (χ0) is 18.2. The Morgan fingerprint density at radius 1 is 1.00 bits per heavy atom. The van der Waals surface area contributed by atoms with Gasteiger partial charge in [0.05, 0.1) is 6.04 Å². The van der Waals surface area contributed by atoms with Gasteiger partial charge in [0, 0.05) is 38.4 Å². The van der Waals surface area contributed by atoms with Crippen LogP contribution in [0.4, 0.5) is 5.69 Å². The molecule has 1 aliphatic rings. The highest BCUT2D eigenvalue weighted by molar-refractivity contribution is 5.94. The summed E-state index contributed by atoms with van der Waals surface area (Å²) in [6.07, 6.45) is 0. The first-order valence-electron chi connectivity index (χ1n) is 9.22. The summed E-state index contributed by atoms with van der Waals surface area (Å²) < 4.78 is 5.77. The third kappa shape index (κ3) is 5.31. The first kappa shape index (κ1) is 18.4. The van der Waals surface area contributed by atoms with E-state index in [4.69, 9.17) is 4.74 Å². The van der Waals surface area contributed by atoms with Crippen molar-refractivity contribution in [2.45, 2.75) is 13.0 Å². The van der Waals surface area contributed by atoms with Gasteiger partial charge in [0.2, 0.25) is 5.91 Å². The van der Waals surface area contributed by atoms with E-state index in [0.29, 0.717) is 6.61 Å². The van der Waals surface area contributed by atoms with Gasteiger partial charge in [0.15, 0.2) is 0 Å². The molecule has 2 aromatic carbocycles. The number of benzene rings is 2. The molecule has 1 heterocycles. The standard InChI is InChI=1S/C21H27N3O2/c1-18(21(25)22-19-8-4-2-5-9-19)24-14-12-23(13-15-24)16-17-26-20-10-6-3-7-11-20/h2-11,18H,12-17H2,1H3,(H,22,25)/t18-/m1/s1. The quantitative estimate of drug-likeness (QED) is 0.831. The number of rotatable bonds is 7. The van der Waals surface area contributed by atoms with Crippen molar-refractivity contribution in [3.8, 4) is 5.75 Å². The first-order valence-corrected chi connectivity index (χ1v) is 9.22. The van der Waals surface area contributed by atoms with Gasteiger partial charge < -0.3 is 10.1 Å². The monoisotopic (exact) mass is 353 g/mol. The van der Waals surface area contributed by atoms with Crippen LogP contribution in [-0.4, -0.2) is 61.1 Å². The summed E-state index contributed by atoms with van der Waals surface area (Å²) in [6.45, 7) is 7.29. The molecular formula is C21H27N3O2. The number of piperazine rings is 1. The van der Waals surface area contributed by atoms with Crippen LogP contribution in [0.15, 0.2) is 60.7 Å². The fourth-order valence-electron chi connectivity index (χ4n) is 3.12. The molecule has 1 N–H and O–H groups in total. The molecule has 1 amide bonds. The van der Waals surface area contributed by atoms with Crippen LogP contribution in [-0.2, 0) is 4.79 Å². The maximum Gasteiger partial charge on any atom is 0.241 e. The Morgan fingerprint density at radius 3 is 2.27 bits per heavy atom. The van der Waals surface area contributed by atoms with Crippen molar-refractivity contribution in [1.82, 2.24) is 9.80 Å². The van der Waals surface area contributed by atoms with Crippen molar-refractivity contribution in [1.29, 1.82) is 0 Å². The summed E-state index contributed by atoms with van der Waals surface area (Å²) in [5, 5.41) is 2.99. The predicted molar refractivity (Wildman–Crippen MR) is 104 cm³/mol. The van der Waals surface area contributed by atoms with E-state index in [0.717, 1.165) is 44.2 Å². The highest BCUT2D eigenvalue weighted by atomic mass is 16.5. The Bertz CT molecular complexity index is 670. The van der Waals surface area contributed by atoms with Crippen LogP contribution >= 0.6 is 0 Å². The highest BCUT2D eigenvalue weighted by Crippen LogP contribution is 2.11. The minimum Gasteiger partial charge on any atom is -0.492 e. The van der Waals surface area contributed by atoms with E-state index in [1.807, 2.05) is 67.6 Å². The lowest BCUT2D eigenvalue weighted by molar-refractivity contribution is -0.121. The normalized spacial score (nSPS) is 16.8. The highest BCUT2D eigenvalue weighted by Gasteiger charge is 2.25. The van der Waals surface area contributed by atoms with Gasteiger partial charge in [-0.25, -0.2) is 0 Å². The number of ether oxygens (including phenoxy) is 1. The van der Waals surface area contributed by atoms with Gasteiger partial charge in [0.1, 0.15) is 12.4 Å². The van der Waals surface area contributed by atoms with E-state index >= 15 is 0 Å². The summed E-state index contributed by atoms with van der Waals surface area (Å²) in [5.74, 6) is 0.967. The number of hydrogen-bond acceptors (Lipinski definition) is 4. The van der Waals surface area contributed by atoms with Gasteiger partial charge in [-0.1, -0.05) is 36.4 Å². The van der Waals surface area contributed by atoms with Crippen LogP contribution in [0.2, 0.25) is 0 Å². The van der Waals surface area contributed by atoms with E-state index in [9.17, 15) is 4.79 Å². The molecule has 3 rings (SSSR count). The van der Waals surface area contributed by atoms with E-state index in [1.54, 1.807) is 0 Å². The van der Waals surface area contributed by atoms with Crippen molar-refractivity contribution in [3.63, 3.8) is 0 Å². The van der Waals surface area contributed by atoms with Crippen molar-refractivity contribution < 1.29 is 9.53 Å². The molecule has 5 nitrogen and oxygen atoms in total. The first-order chi connectivity index (χ1) is 12.7. The zero-order valence-corrected chi connectivity index (χ0v) is 15.3. The Hall–Kier alpha value is -2.37. The SMILES string of the molecule is C[C@H](C(=O)Nc1ccccc1)N1CCN(CCOc2ccccc2)CC1. The molecule has 0 aromatic heterocycles. The molecule has 26 heavy (non-hydrogen) atoms. The molecule has 0 radical (unpaired) electrons. The zero-order valence-electron chi connectivity index (χ0n) is 15.3. The van der Waals surface area contributed by atoms with E-state index in [1.165, 1.54) is 0 Å². The Labute approximate surface area is 155 Å². The second kappa shape index (κ2) is 9.36. The molecule has 1 aliphatic heterocycles. The predicted octanol–water partition coefficient (Wildman–Crippen LogP) is 2.71. The molecular weight excluding hydrogens is 326 g/mol.